The van der Waals surface area contributed by atoms with E-state index < -0.39 is 0 Å². The van der Waals surface area contributed by atoms with Crippen LogP contribution in [0.15, 0.2) is 36.4 Å². The van der Waals surface area contributed by atoms with Crippen molar-refractivity contribution in [1.29, 1.82) is 0 Å². The van der Waals surface area contributed by atoms with Crippen LogP contribution < -0.4 is 16.4 Å². The number of nitrogen functional groups attached to an aromatic ring is 1. The summed E-state index contributed by atoms with van der Waals surface area (Å²) < 4.78 is 13.6. The lowest BCUT2D eigenvalue weighted by Gasteiger charge is -2.20. The minimum atomic E-state index is -0.255. The molecule has 0 aliphatic carbocycles. The van der Waals surface area contributed by atoms with Gasteiger partial charge in [0.1, 0.15) is 5.82 Å². The lowest BCUT2D eigenvalue weighted by molar-refractivity contribution is -0.116. The van der Waals surface area contributed by atoms with Gasteiger partial charge < -0.3 is 16.4 Å². The van der Waals surface area contributed by atoms with Crippen LogP contribution in [-0.2, 0) is 17.8 Å². The largest absolute Gasteiger partial charge is 0.397 e. The number of nitrogens with one attached hydrogen (secondary N) is 2. The molecular formula is C16H16FN3O. The van der Waals surface area contributed by atoms with Crippen LogP contribution in [-0.4, -0.2) is 5.91 Å². The number of hydrogen-bond donors (Lipinski definition) is 3. The van der Waals surface area contributed by atoms with E-state index in [1.54, 1.807) is 18.2 Å². The number of carbonyl (C=O) groups is 1. The minimum Gasteiger partial charge on any atom is -0.397 e. The third-order valence-electron chi connectivity index (χ3n) is 3.60. The van der Waals surface area contributed by atoms with Gasteiger partial charge in [-0.3, -0.25) is 4.79 Å². The third-order valence-corrected chi connectivity index (χ3v) is 3.60. The first-order valence-corrected chi connectivity index (χ1v) is 6.83. The predicted molar refractivity (Wildman–Crippen MR) is 81.5 cm³/mol. The maximum atomic E-state index is 13.6. The highest BCUT2D eigenvalue weighted by atomic mass is 19.1. The number of benzene rings is 2. The number of carbonyl (C=O) groups excluding carboxylic acids is 1. The molecule has 0 saturated carbocycles. The second-order valence-corrected chi connectivity index (χ2v) is 5.09. The average Bonchev–Trinajstić information content (AvgIpc) is 2.47. The topological polar surface area (TPSA) is 67.2 Å². The molecule has 2 aromatic rings. The van der Waals surface area contributed by atoms with Gasteiger partial charge in [0.2, 0.25) is 5.91 Å². The zero-order chi connectivity index (χ0) is 14.8. The van der Waals surface area contributed by atoms with Gasteiger partial charge in [0.25, 0.3) is 0 Å². The van der Waals surface area contributed by atoms with Crippen molar-refractivity contribution in [2.45, 2.75) is 19.4 Å². The van der Waals surface area contributed by atoms with Crippen LogP contribution in [0, 0.1) is 5.82 Å². The Morgan fingerprint density at radius 2 is 2.05 bits per heavy atom. The molecule has 1 aliphatic heterocycles. The Balaban J connectivity index is 1.81. The summed E-state index contributed by atoms with van der Waals surface area (Å²) in [6, 6.07) is 10.3. The van der Waals surface area contributed by atoms with Crippen LogP contribution in [0.2, 0.25) is 0 Å². The van der Waals surface area contributed by atoms with Crippen LogP contribution in [0.5, 0.6) is 0 Å². The average molecular weight is 285 g/mol. The second kappa shape index (κ2) is 5.44. The van der Waals surface area contributed by atoms with Crippen LogP contribution in [0.3, 0.4) is 0 Å². The van der Waals surface area contributed by atoms with Crippen molar-refractivity contribution in [3.05, 3.63) is 53.3 Å². The number of amides is 1. The van der Waals surface area contributed by atoms with Crippen molar-refractivity contribution >= 4 is 23.0 Å². The Bertz CT molecular complexity index is 700. The van der Waals surface area contributed by atoms with Gasteiger partial charge in [-0.1, -0.05) is 18.2 Å². The van der Waals surface area contributed by atoms with E-state index in [4.69, 9.17) is 5.73 Å². The zero-order valence-electron chi connectivity index (χ0n) is 11.4. The highest BCUT2D eigenvalue weighted by molar-refractivity contribution is 5.95. The summed E-state index contributed by atoms with van der Waals surface area (Å²) in [5.41, 5.74) is 9.68. The number of anilines is 3. The molecule has 0 atom stereocenters. The van der Waals surface area contributed by atoms with E-state index in [0.717, 1.165) is 11.3 Å². The van der Waals surface area contributed by atoms with E-state index >= 15 is 0 Å². The van der Waals surface area contributed by atoms with E-state index in [1.165, 1.54) is 6.07 Å². The maximum absolute atomic E-state index is 13.6. The summed E-state index contributed by atoms with van der Waals surface area (Å²) in [6.45, 7) is 0.337. The standard InChI is InChI=1S/C16H16FN3O/c17-12-4-2-1-3-11(12)9-19-15-8-14-10(7-13(15)18)5-6-16(21)20-14/h1-4,7-8,19H,5-6,9,18H2,(H,20,21). The summed E-state index contributed by atoms with van der Waals surface area (Å²) >= 11 is 0. The molecular weight excluding hydrogens is 269 g/mol. The Morgan fingerprint density at radius 3 is 2.86 bits per heavy atom. The number of nitrogens with two attached hydrogens (primary N) is 1. The molecule has 2 aromatic carbocycles. The molecule has 1 heterocycles. The number of rotatable bonds is 3. The van der Waals surface area contributed by atoms with Crippen LogP contribution in [0.4, 0.5) is 21.5 Å². The quantitative estimate of drug-likeness (QED) is 0.760. The van der Waals surface area contributed by atoms with Gasteiger partial charge in [-0.25, -0.2) is 4.39 Å². The summed E-state index contributed by atoms with van der Waals surface area (Å²) in [4.78, 5) is 11.4. The molecule has 4 nitrogen and oxygen atoms in total. The van der Waals surface area contributed by atoms with Gasteiger partial charge >= 0.3 is 0 Å². The van der Waals surface area contributed by atoms with Gasteiger partial charge in [-0.15, -0.1) is 0 Å². The van der Waals surface area contributed by atoms with E-state index in [0.29, 0.717) is 36.3 Å². The highest BCUT2D eigenvalue weighted by Gasteiger charge is 2.16. The van der Waals surface area contributed by atoms with Crippen molar-refractivity contribution in [2.75, 3.05) is 16.4 Å². The first kappa shape index (κ1) is 13.4. The fraction of sp³-hybridized carbons (Fsp3) is 0.188. The van der Waals surface area contributed by atoms with E-state index in [1.807, 2.05) is 12.1 Å². The molecule has 4 N–H and O–H groups in total. The third kappa shape index (κ3) is 2.81. The van der Waals surface area contributed by atoms with Crippen molar-refractivity contribution in [2.24, 2.45) is 0 Å². The van der Waals surface area contributed by atoms with Gasteiger partial charge in [0.05, 0.1) is 11.4 Å². The molecule has 1 aliphatic rings. The molecule has 0 radical (unpaired) electrons. The second-order valence-electron chi connectivity index (χ2n) is 5.09. The van der Waals surface area contributed by atoms with Crippen LogP contribution in [0.25, 0.3) is 0 Å². The summed E-state index contributed by atoms with van der Waals surface area (Å²) in [5.74, 6) is -0.248. The first-order chi connectivity index (χ1) is 10.1. The monoisotopic (exact) mass is 285 g/mol. The molecule has 0 spiro atoms. The molecule has 21 heavy (non-hydrogen) atoms. The fourth-order valence-electron chi connectivity index (χ4n) is 2.43. The number of fused-ring (bicyclic) bond motifs is 1. The molecule has 3 rings (SSSR count). The molecule has 0 fully saturated rings. The zero-order valence-corrected chi connectivity index (χ0v) is 11.4. The van der Waals surface area contributed by atoms with Gasteiger partial charge in [-0.05, 0) is 30.2 Å². The summed E-state index contributed by atoms with van der Waals surface area (Å²) in [7, 11) is 0. The highest BCUT2D eigenvalue weighted by Crippen LogP contribution is 2.31. The van der Waals surface area contributed by atoms with E-state index in [2.05, 4.69) is 10.6 Å². The number of halogens is 1. The van der Waals surface area contributed by atoms with Gasteiger partial charge in [0, 0.05) is 24.2 Å². The minimum absolute atomic E-state index is 0.00678. The van der Waals surface area contributed by atoms with Gasteiger partial charge in [0.15, 0.2) is 0 Å². The first-order valence-electron chi connectivity index (χ1n) is 6.83. The van der Waals surface area contributed by atoms with Crippen molar-refractivity contribution < 1.29 is 9.18 Å². The van der Waals surface area contributed by atoms with E-state index in [9.17, 15) is 9.18 Å². The maximum Gasteiger partial charge on any atom is 0.224 e. The van der Waals surface area contributed by atoms with Crippen molar-refractivity contribution in [3.8, 4) is 0 Å². The Hall–Kier alpha value is -2.56. The fourth-order valence-corrected chi connectivity index (χ4v) is 2.43. The van der Waals surface area contributed by atoms with Crippen molar-refractivity contribution in [3.63, 3.8) is 0 Å². The Morgan fingerprint density at radius 1 is 1.24 bits per heavy atom. The normalized spacial score (nSPS) is 13.5. The van der Waals surface area contributed by atoms with Crippen molar-refractivity contribution in [1.82, 2.24) is 0 Å². The van der Waals surface area contributed by atoms with Gasteiger partial charge in [-0.2, -0.15) is 0 Å². The van der Waals surface area contributed by atoms with E-state index in [-0.39, 0.29) is 11.7 Å². The Labute approximate surface area is 122 Å². The smallest absolute Gasteiger partial charge is 0.224 e. The number of hydrogen-bond acceptors (Lipinski definition) is 3. The molecule has 1 amide bonds. The lowest BCUT2D eigenvalue weighted by atomic mass is 10.0. The lowest BCUT2D eigenvalue weighted by Crippen LogP contribution is -2.19. The number of aryl methyl sites for hydroxylation is 1. The molecule has 0 unspecified atom stereocenters. The van der Waals surface area contributed by atoms with Crippen LogP contribution in [0.1, 0.15) is 17.5 Å². The molecule has 108 valence electrons. The summed E-state index contributed by atoms with van der Waals surface area (Å²) in [5, 5.41) is 5.95. The SMILES string of the molecule is Nc1cc2c(cc1NCc1ccccc1F)NC(=O)CC2. The van der Waals surface area contributed by atoms with Crippen LogP contribution >= 0.6 is 0 Å². The molecule has 5 heteroatoms. The molecule has 0 saturated heterocycles. The Kier molecular flexibility index (Phi) is 3.48. The predicted octanol–water partition coefficient (Wildman–Crippen LogP) is 2.90. The molecule has 0 bridgehead atoms. The molecule has 0 aromatic heterocycles. The summed E-state index contributed by atoms with van der Waals surface area (Å²) in [6.07, 6.45) is 1.17.